The molecule has 0 amide bonds. The molecule has 92 valence electrons. The molecule has 8 nitrogen and oxygen atoms in total. The summed E-state index contributed by atoms with van der Waals surface area (Å²) in [6.07, 6.45) is 0.407. The van der Waals surface area contributed by atoms with Gasteiger partial charge in [0.2, 0.25) is 0 Å². The van der Waals surface area contributed by atoms with Crippen molar-refractivity contribution in [3.05, 3.63) is 10.1 Å². The van der Waals surface area contributed by atoms with Crippen LogP contribution in [0.25, 0.3) is 0 Å². The first-order chi connectivity index (χ1) is 7.56. The molecule has 0 aliphatic rings. The lowest BCUT2D eigenvalue weighted by Crippen LogP contribution is -2.13. The summed E-state index contributed by atoms with van der Waals surface area (Å²) in [5.41, 5.74) is 0. The molecule has 0 radical (unpaired) electrons. The molecule has 0 fully saturated rings. The summed E-state index contributed by atoms with van der Waals surface area (Å²) in [6.45, 7) is 0.177. The number of hydrogen-bond acceptors (Lipinski definition) is 7. The highest BCUT2D eigenvalue weighted by Crippen LogP contribution is 1.97. The van der Waals surface area contributed by atoms with Crippen molar-refractivity contribution in [3.63, 3.8) is 0 Å². The Labute approximate surface area is 91.2 Å². The molecule has 16 heavy (non-hydrogen) atoms. The van der Waals surface area contributed by atoms with Gasteiger partial charge >= 0.3 is 17.0 Å². The molecule has 0 saturated heterocycles. The summed E-state index contributed by atoms with van der Waals surface area (Å²) in [6, 6.07) is 0. The number of carbonyl (C=O) groups excluding carboxylic acids is 2. The van der Waals surface area contributed by atoms with Crippen LogP contribution in [-0.4, -0.2) is 35.3 Å². The smallest absolute Gasteiger partial charge is 0.306 e. The van der Waals surface area contributed by atoms with Gasteiger partial charge < -0.3 is 9.84 Å². The molecule has 8 heteroatoms. The van der Waals surface area contributed by atoms with E-state index in [0.717, 1.165) is 0 Å². The number of hydrogen-bond donors (Lipinski definition) is 1. The largest absolute Gasteiger partial charge is 0.466 e. The van der Waals surface area contributed by atoms with Crippen molar-refractivity contribution in [2.75, 3.05) is 13.2 Å². The van der Waals surface area contributed by atoms with Crippen LogP contribution in [0, 0.1) is 10.1 Å². The van der Waals surface area contributed by atoms with E-state index in [1.54, 1.807) is 0 Å². The number of carbonyl (C=O) groups is 2. The Balaban J connectivity index is 3.49. The van der Waals surface area contributed by atoms with E-state index in [-0.39, 0.29) is 26.1 Å². The molecule has 0 aromatic heterocycles. The Kier molecular flexibility index (Phi) is 7.68. The van der Waals surface area contributed by atoms with Crippen LogP contribution in [0.4, 0.5) is 0 Å². The molecule has 0 aromatic rings. The highest BCUT2D eigenvalue weighted by atomic mass is 17.0. The van der Waals surface area contributed by atoms with Gasteiger partial charge in [0.1, 0.15) is 0 Å². The molecule has 0 spiro atoms. The van der Waals surface area contributed by atoms with Crippen molar-refractivity contribution in [3.8, 4) is 0 Å². The van der Waals surface area contributed by atoms with Crippen LogP contribution in [0.5, 0.6) is 0 Å². The Bertz CT molecular complexity index is 253. The normalized spacial score (nSPS) is 9.56. The summed E-state index contributed by atoms with van der Waals surface area (Å²) >= 11 is 0. The van der Waals surface area contributed by atoms with Gasteiger partial charge in [0, 0.05) is 13.0 Å². The van der Waals surface area contributed by atoms with Crippen molar-refractivity contribution in [1.82, 2.24) is 0 Å². The van der Waals surface area contributed by atoms with Crippen molar-refractivity contribution >= 4 is 11.9 Å². The van der Waals surface area contributed by atoms with E-state index in [1.165, 1.54) is 0 Å². The number of aliphatic hydroxyl groups excluding tert-OH is 1. The molecule has 0 heterocycles. The highest BCUT2D eigenvalue weighted by Gasteiger charge is 2.11. The Morgan fingerprint density at radius 3 is 2.38 bits per heavy atom. The molecular weight excluding hydrogens is 222 g/mol. The fourth-order valence-electron chi connectivity index (χ4n) is 0.805. The van der Waals surface area contributed by atoms with Gasteiger partial charge in [0.25, 0.3) is 0 Å². The average Bonchev–Trinajstić information content (AvgIpc) is 2.20. The predicted molar refractivity (Wildman–Crippen MR) is 49.6 cm³/mol. The second kappa shape index (κ2) is 8.60. The number of aliphatic hydroxyl groups is 1. The minimum absolute atomic E-state index is 0.0205. The van der Waals surface area contributed by atoms with E-state index >= 15 is 0 Å². The molecule has 0 aliphatic carbocycles. The van der Waals surface area contributed by atoms with Gasteiger partial charge in [0.05, 0.1) is 13.0 Å². The maximum absolute atomic E-state index is 10.9. The summed E-state index contributed by atoms with van der Waals surface area (Å²) in [5.74, 6) is -1.71. The first kappa shape index (κ1) is 14.3. The van der Waals surface area contributed by atoms with Gasteiger partial charge in [-0.05, 0) is 12.8 Å². The van der Waals surface area contributed by atoms with E-state index in [9.17, 15) is 19.7 Å². The van der Waals surface area contributed by atoms with Crippen LogP contribution in [0.1, 0.15) is 25.7 Å². The van der Waals surface area contributed by atoms with E-state index in [4.69, 9.17) is 5.11 Å². The molecule has 0 bridgehead atoms. The summed E-state index contributed by atoms with van der Waals surface area (Å²) in [7, 11) is 0. The molecule has 0 unspecified atom stereocenters. The minimum atomic E-state index is -1.23. The monoisotopic (exact) mass is 235 g/mol. The third kappa shape index (κ3) is 8.88. The predicted octanol–water partition coefficient (Wildman–Crippen LogP) is -0.183. The van der Waals surface area contributed by atoms with Crippen molar-refractivity contribution in [2.24, 2.45) is 0 Å². The van der Waals surface area contributed by atoms with Crippen LogP contribution in [0.2, 0.25) is 0 Å². The zero-order valence-corrected chi connectivity index (χ0v) is 8.59. The fraction of sp³-hybridized carbons (Fsp3) is 0.750. The van der Waals surface area contributed by atoms with E-state index in [1.807, 2.05) is 0 Å². The highest BCUT2D eigenvalue weighted by molar-refractivity contribution is 5.77. The Hall–Kier alpha value is -1.70. The van der Waals surface area contributed by atoms with Gasteiger partial charge in [-0.1, -0.05) is 0 Å². The number of esters is 1. The lowest BCUT2D eigenvalue weighted by atomic mass is 10.3. The molecule has 1 N–H and O–H groups in total. The lowest BCUT2D eigenvalue weighted by molar-refractivity contribution is -0.729. The zero-order chi connectivity index (χ0) is 12.4. The van der Waals surface area contributed by atoms with Gasteiger partial charge in [-0.25, -0.2) is 4.84 Å². The van der Waals surface area contributed by atoms with Gasteiger partial charge in [-0.3, -0.25) is 9.59 Å². The Morgan fingerprint density at radius 2 is 1.81 bits per heavy atom. The summed E-state index contributed by atoms with van der Waals surface area (Å²) in [5, 5.41) is 16.9. The minimum Gasteiger partial charge on any atom is -0.466 e. The zero-order valence-electron chi connectivity index (χ0n) is 8.59. The van der Waals surface area contributed by atoms with Crippen molar-refractivity contribution in [2.45, 2.75) is 25.7 Å². The molecule has 0 saturated carbocycles. The van der Waals surface area contributed by atoms with Crippen molar-refractivity contribution < 1.29 is 29.4 Å². The second-order valence-electron chi connectivity index (χ2n) is 2.84. The maximum atomic E-state index is 10.9. The molecular formula is C8H13NO7. The summed E-state index contributed by atoms with van der Waals surface area (Å²) in [4.78, 5) is 34.9. The topological polar surface area (TPSA) is 116 Å². The van der Waals surface area contributed by atoms with Gasteiger partial charge in [-0.15, -0.1) is 10.1 Å². The van der Waals surface area contributed by atoms with Crippen LogP contribution in [-0.2, 0) is 19.2 Å². The van der Waals surface area contributed by atoms with Crippen LogP contribution >= 0.6 is 0 Å². The SMILES string of the molecule is O=C(CCC(=O)O[N+](=O)[O-])OCCCCO. The number of ether oxygens (including phenoxy) is 1. The number of nitrogens with zero attached hydrogens (tertiary/aromatic N) is 1. The first-order valence-electron chi connectivity index (χ1n) is 4.68. The maximum Gasteiger partial charge on any atom is 0.306 e. The standard InChI is InChI=1S/C8H13NO7/c10-5-1-2-6-15-7(11)3-4-8(12)16-9(13)14/h10H,1-6H2. The van der Waals surface area contributed by atoms with Crippen molar-refractivity contribution in [1.29, 1.82) is 0 Å². The molecule has 0 aromatic carbocycles. The first-order valence-corrected chi connectivity index (χ1v) is 4.68. The van der Waals surface area contributed by atoms with Crippen LogP contribution in [0.3, 0.4) is 0 Å². The second-order valence-corrected chi connectivity index (χ2v) is 2.84. The van der Waals surface area contributed by atoms with E-state index in [0.29, 0.717) is 12.8 Å². The number of unbranched alkanes of at least 4 members (excludes halogenated alkanes) is 1. The third-order valence-electron chi connectivity index (χ3n) is 1.53. The molecule has 0 rings (SSSR count). The fourth-order valence-corrected chi connectivity index (χ4v) is 0.805. The Morgan fingerprint density at radius 1 is 1.19 bits per heavy atom. The van der Waals surface area contributed by atoms with Gasteiger partial charge in [-0.2, -0.15) is 0 Å². The average molecular weight is 235 g/mol. The lowest BCUT2D eigenvalue weighted by Gasteiger charge is -2.02. The molecule has 0 aliphatic heterocycles. The number of rotatable bonds is 8. The third-order valence-corrected chi connectivity index (χ3v) is 1.53. The quantitative estimate of drug-likeness (QED) is 0.268. The van der Waals surface area contributed by atoms with E-state index < -0.39 is 17.0 Å². The summed E-state index contributed by atoms with van der Waals surface area (Å²) < 4.78 is 4.67. The van der Waals surface area contributed by atoms with E-state index in [2.05, 4.69) is 9.57 Å². The van der Waals surface area contributed by atoms with Crippen LogP contribution in [0.15, 0.2) is 0 Å². The van der Waals surface area contributed by atoms with Gasteiger partial charge in [0.15, 0.2) is 0 Å². The van der Waals surface area contributed by atoms with Crippen LogP contribution < -0.4 is 0 Å². The molecule has 0 atom stereocenters.